The summed E-state index contributed by atoms with van der Waals surface area (Å²) < 4.78 is 4.88. The van der Waals surface area contributed by atoms with Gasteiger partial charge in [0, 0.05) is 18.7 Å². The first-order valence-corrected chi connectivity index (χ1v) is 7.50. The van der Waals surface area contributed by atoms with Crippen LogP contribution in [-0.4, -0.2) is 43.2 Å². The number of carbonyl (C=O) groups is 1. The summed E-state index contributed by atoms with van der Waals surface area (Å²) in [4.78, 5) is 13.7. The Kier molecular flexibility index (Phi) is 7.75. The summed E-state index contributed by atoms with van der Waals surface area (Å²) in [5, 5.41) is 0. The average Bonchev–Trinajstić information content (AvgIpc) is 2.44. The third-order valence-electron chi connectivity index (χ3n) is 3.93. The molecular weight excluding hydrogens is 240 g/mol. The first-order chi connectivity index (χ1) is 9.22. The highest BCUT2D eigenvalue weighted by Gasteiger charge is 2.27. The van der Waals surface area contributed by atoms with E-state index in [2.05, 4.69) is 11.8 Å². The Balaban J connectivity index is 2.49. The van der Waals surface area contributed by atoms with E-state index in [-0.39, 0.29) is 5.97 Å². The van der Waals surface area contributed by atoms with Gasteiger partial charge in [0.1, 0.15) is 0 Å². The van der Waals surface area contributed by atoms with Gasteiger partial charge in [0.05, 0.1) is 6.61 Å². The Bertz CT molecular complexity index is 292. The number of esters is 1. The molecule has 0 spiro atoms. The molecule has 0 radical (unpaired) electrons. The number of hydrogen-bond donors (Lipinski definition) is 1. The highest BCUT2D eigenvalue weighted by Crippen LogP contribution is 2.27. The molecule has 0 aromatic carbocycles. The Morgan fingerprint density at radius 2 is 2.11 bits per heavy atom. The van der Waals surface area contributed by atoms with Gasteiger partial charge in [0.25, 0.3) is 0 Å². The summed E-state index contributed by atoms with van der Waals surface area (Å²) in [6.45, 7) is 6.98. The van der Waals surface area contributed by atoms with Crippen molar-refractivity contribution < 1.29 is 9.53 Å². The van der Waals surface area contributed by atoms with E-state index in [0.717, 1.165) is 19.6 Å². The molecule has 0 aliphatic heterocycles. The lowest BCUT2D eigenvalue weighted by atomic mass is 9.83. The Labute approximate surface area is 117 Å². The first-order valence-electron chi connectivity index (χ1n) is 7.50. The predicted octanol–water partition coefficient (Wildman–Crippen LogP) is 1.95. The normalized spacial score (nSPS) is 24.0. The van der Waals surface area contributed by atoms with Crippen LogP contribution in [0.15, 0.2) is 12.2 Å². The molecule has 0 saturated heterocycles. The topological polar surface area (TPSA) is 55.6 Å². The van der Waals surface area contributed by atoms with Crippen molar-refractivity contribution in [2.75, 3.05) is 26.2 Å². The minimum absolute atomic E-state index is 0.252. The first kappa shape index (κ1) is 16.2. The van der Waals surface area contributed by atoms with E-state index in [9.17, 15) is 4.79 Å². The van der Waals surface area contributed by atoms with Crippen molar-refractivity contribution in [1.82, 2.24) is 4.90 Å². The summed E-state index contributed by atoms with van der Waals surface area (Å²) in [5.41, 5.74) is 5.88. The lowest BCUT2D eigenvalue weighted by molar-refractivity contribution is -0.137. The molecule has 110 valence electrons. The molecule has 0 aromatic heterocycles. The highest BCUT2D eigenvalue weighted by atomic mass is 16.5. The molecule has 1 fully saturated rings. The second-order valence-corrected chi connectivity index (χ2v) is 5.09. The molecule has 4 nitrogen and oxygen atoms in total. The molecule has 0 bridgehead atoms. The lowest BCUT2D eigenvalue weighted by Crippen LogP contribution is -2.45. The minimum atomic E-state index is -0.252. The minimum Gasteiger partial charge on any atom is -0.463 e. The summed E-state index contributed by atoms with van der Waals surface area (Å²) in [6, 6.07) is 0.565. The molecule has 2 atom stereocenters. The molecule has 0 amide bonds. The van der Waals surface area contributed by atoms with Crippen molar-refractivity contribution in [3.05, 3.63) is 12.2 Å². The van der Waals surface area contributed by atoms with Crippen LogP contribution in [-0.2, 0) is 9.53 Å². The number of ether oxygens (including phenoxy) is 1. The van der Waals surface area contributed by atoms with Crippen molar-refractivity contribution in [2.45, 2.75) is 45.6 Å². The van der Waals surface area contributed by atoms with E-state index in [1.807, 2.05) is 13.0 Å². The number of nitrogens with two attached hydrogens (primary N) is 1. The van der Waals surface area contributed by atoms with E-state index in [0.29, 0.717) is 18.6 Å². The van der Waals surface area contributed by atoms with Crippen molar-refractivity contribution in [3.63, 3.8) is 0 Å². The molecule has 1 rings (SSSR count). The van der Waals surface area contributed by atoms with Crippen LogP contribution in [0.2, 0.25) is 0 Å². The number of hydrogen-bond acceptors (Lipinski definition) is 4. The maximum atomic E-state index is 11.3. The standard InChI is InChI=1S/C15H28N2O2/c1-3-17(11-7-10-15(18)19-4-2)14-9-6-5-8-13(14)12-16/h7,10,13-14H,3-6,8-9,11-12,16H2,1-2H3/b10-7+. The second-order valence-electron chi connectivity index (χ2n) is 5.09. The molecular formula is C15H28N2O2. The van der Waals surface area contributed by atoms with E-state index >= 15 is 0 Å². The third-order valence-corrected chi connectivity index (χ3v) is 3.93. The number of nitrogens with zero attached hydrogens (tertiary/aromatic N) is 1. The number of likely N-dealkylation sites (N-methyl/N-ethyl adjacent to an activating group) is 1. The Hall–Kier alpha value is -0.870. The van der Waals surface area contributed by atoms with Gasteiger partial charge in [-0.2, -0.15) is 0 Å². The zero-order valence-electron chi connectivity index (χ0n) is 12.3. The maximum Gasteiger partial charge on any atom is 0.330 e. The zero-order valence-corrected chi connectivity index (χ0v) is 12.3. The quantitative estimate of drug-likeness (QED) is 0.566. The molecule has 1 saturated carbocycles. The Morgan fingerprint density at radius 3 is 2.74 bits per heavy atom. The van der Waals surface area contributed by atoms with Gasteiger partial charge in [-0.05, 0) is 38.8 Å². The molecule has 0 heterocycles. The van der Waals surface area contributed by atoms with Crippen LogP contribution in [0.1, 0.15) is 39.5 Å². The van der Waals surface area contributed by atoms with Gasteiger partial charge in [-0.3, -0.25) is 4.90 Å². The fourth-order valence-electron chi connectivity index (χ4n) is 2.92. The molecule has 1 aliphatic carbocycles. The molecule has 0 aromatic rings. The van der Waals surface area contributed by atoms with Crippen molar-refractivity contribution >= 4 is 5.97 Å². The van der Waals surface area contributed by atoms with Gasteiger partial charge in [0.2, 0.25) is 0 Å². The van der Waals surface area contributed by atoms with Gasteiger partial charge in [0.15, 0.2) is 0 Å². The van der Waals surface area contributed by atoms with Crippen LogP contribution in [0, 0.1) is 5.92 Å². The van der Waals surface area contributed by atoms with Gasteiger partial charge >= 0.3 is 5.97 Å². The van der Waals surface area contributed by atoms with Crippen LogP contribution in [0.5, 0.6) is 0 Å². The summed E-state index contributed by atoms with van der Waals surface area (Å²) in [5.74, 6) is 0.349. The molecule has 2 unspecified atom stereocenters. The monoisotopic (exact) mass is 268 g/mol. The summed E-state index contributed by atoms with van der Waals surface area (Å²) in [6.07, 6.45) is 8.49. The second kappa shape index (κ2) is 9.10. The lowest BCUT2D eigenvalue weighted by Gasteiger charge is -2.38. The smallest absolute Gasteiger partial charge is 0.330 e. The Morgan fingerprint density at radius 1 is 1.37 bits per heavy atom. The molecule has 4 heteroatoms. The SMILES string of the molecule is CCOC(=O)/C=C/CN(CC)C1CCCCC1CN. The molecule has 1 aliphatic rings. The van der Waals surface area contributed by atoms with Crippen LogP contribution in [0.3, 0.4) is 0 Å². The molecule has 2 N–H and O–H groups in total. The fraction of sp³-hybridized carbons (Fsp3) is 0.800. The van der Waals surface area contributed by atoms with Crippen LogP contribution in [0.4, 0.5) is 0 Å². The highest BCUT2D eigenvalue weighted by molar-refractivity contribution is 5.81. The zero-order chi connectivity index (χ0) is 14.1. The molecule has 19 heavy (non-hydrogen) atoms. The fourth-order valence-corrected chi connectivity index (χ4v) is 2.92. The van der Waals surface area contributed by atoms with E-state index < -0.39 is 0 Å². The van der Waals surface area contributed by atoms with Crippen LogP contribution in [0.25, 0.3) is 0 Å². The van der Waals surface area contributed by atoms with E-state index in [1.54, 1.807) is 0 Å². The number of rotatable bonds is 7. The van der Waals surface area contributed by atoms with Gasteiger partial charge in [-0.25, -0.2) is 4.79 Å². The maximum absolute atomic E-state index is 11.3. The largest absolute Gasteiger partial charge is 0.463 e. The van der Waals surface area contributed by atoms with Crippen molar-refractivity contribution in [2.24, 2.45) is 11.7 Å². The number of carbonyl (C=O) groups excluding carboxylic acids is 1. The average molecular weight is 268 g/mol. The van der Waals surface area contributed by atoms with Crippen molar-refractivity contribution in [1.29, 1.82) is 0 Å². The van der Waals surface area contributed by atoms with E-state index in [1.165, 1.54) is 31.8 Å². The van der Waals surface area contributed by atoms with Gasteiger partial charge in [-0.15, -0.1) is 0 Å². The summed E-state index contributed by atoms with van der Waals surface area (Å²) in [7, 11) is 0. The van der Waals surface area contributed by atoms with Gasteiger partial charge in [-0.1, -0.05) is 25.8 Å². The summed E-state index contributed by atoms with van der Waals surface area (Å²) >= 11 is 0. The van der Waals surface area contributed by atoms with Crippen LogP contribution >= 0.6 is 0 Å². The van der Waals surface area contributed by atoms with E-state index in [4.69, 9.17) is 10.5 Å². The van der Waals surface area contributed by atoms with Crippen LogP contribution < -0.4 is 5.73 Å². The third kappa shape index (κ3) is 5.33. The van der Waals surface area contributed by atoms with Crippen molar-refractivity contribution in [3.8, 4) is 0 Å². The predicted molar refractivity (Wildman–Crippen MR) is 77.8 cm³/mol. The van der Waals surface area contributed by atoms with Gasteiger partial charge < -0.3 is 10.5 Å².